The number of nitrogens with two attached hydrogens (primary N) is 1. The Morgan fingerprint density at radius 1 is 1.41 bits per heavy atom. The maximum Gasteiger partial charge on any atom is 0.234 e. The number of para-hydroxylation sites is 1. The Morgan fingerprint density at radius 3 is 3.04 bits per heavy atom. The van der Waals surface area contributed by atoms with Crippen LogP contribution in [0.1, 0.15) is 23.8 Å². The number of rotatable bonds is 4. The van der Waals surface area contributed by atoms with E-state index in [-0.39, 0.29) is 11.7 Å². The fourth-order valence-corrected chi connectivity index (χ4v) is 5.78. The van der Waals surface area contributed by atoms with Gasteiger partial charge in [0.25, 0.3) is 0 Å². The van der Waals surface area contributed by atoms with Gasteiger partial charge in [-0.3, -0.25) is 4.79 Å². The van der Waals surface area contributed by atoms with Crippen LogP contribution < -0.4 is 11.1 Å². The van der Waals surface area contributed by atoms with Gasteiger partial charge in [0, 0.05) is 9.35 Å². The highest BCUT2D eigenvalue weighted by atomic mass is 79.9. The third kappa shape index (κ3) is 3.97. The standard InChI is InChI=1S/C19H19BrN4OS2/c1-10-6-7-11-14(8-10)27-18-16(11)17(21)23-19(24-18)26-9-15(25)22-13-5-3-2-4-12(13)20/h2-5,10H,6-9H2,1H3,(H,22,25)(H2,21,23,24). The average molecular weight is 463 g/mol. The van der Waals surface area contributed by atoms with E-state index in [1.165, 1.54) is 28.6 Å². The Hall–Kier alpha value is -1.64. The number of anilines is 2. The lowest BCUT2D eigenvalue weighted by Crippen LogP contribution is -2.14. The third-order valence-electron chi connectivity index (χ3n) is 4.64. The van der Waals surface area contributed by atoms with E-state index in [4.69, 9.17) is 5.73 Å². The highest BCUT2D eigenvalue weighted by molar-refractivity contribution is 9.10. The summed E-state index contributed by atoms with van der Waals surface area (Å²) >= 11 is 6.45. The molecule has 3 N–H and O–H groups in total. The monoisotopic (exact) mass is 462 g/mol. The number of benzene rings is 1. The Morgan fingerprint density at radius 2 is 2.22 bits per heavy atom. The van der Waals surface area contributed by atoms with E-state index in [1.807, 2.05) is 24.3 Å². The first-order valence-corrected chi connectivity index (χ1v) is 11.4. The summed E-state index contributed by atoms with van der Waals surface area (Å²) in [6.45, 7) is 2.29. The Kier molecular flexibility index (Phi) is 5.39. The van der Waals surface area contributed by atoms with Crippen molar-refractivity contribution in [2.75, 3.05) is 16.8 Å². The first-order chi connectivity index (χ1) is 13.0. The fourth-order valence-electron chi connectivity index (χ4n) is 3.29. The maximum absolute atomic E-state index is 12.2. The highest BCUT2D eigenvalue weighted by Crippen LogP contribution is 2.39. The number of amides is 1. The van der Waals surface area contributed by atoms with Gasteiger partial charge in [-0.05, 0) is 58.8 Å². The van der Waals surface area contributed by atoms with Crippen LogP contribution in [0.2, 0.25) is 0 Å². The minimum Gasteiger partial charge on any atom is -0.383 e. The lowest BCUT2D eigenvalue weighted by Gasteiger charge is -2.17. The zero-order valence-electron chi connectivity index (χ0n) is 14.8. The first kappa shape index (κ1) is 18.7. The molecule has 5 nitrogen and oxygen atoms in total. The Bertz CT molecular complexity index is 1020. The van der Waals surface area contributed by atoms with E-state index in [0.717, 1.165) is 33.2 Å². The zero-order chi connectivity index (χ0) is 19.0. The Balaban J connectivity index is 1.49. The molecule has 0 bridgehead atoms. The van der Waals surface area contributed by atoms with E-state index in [2.05, 4.69) is 38.1 Å². The van der Waals surface area contributed by atoms with Crippen molar-refractivity contribution in [2.24, 2.45) is 5.92 Å². The summed E-state index contributed by atoms with van der Waals surface area (Å²) in [6.07, 6.45) is 3.32. The first-order valence-electron chi connectivity index (χ1n) is 8.76. The maximum atomic E-state index is 12.2. The van der Waals surface area contributed by atoms with E-state index in [0.29, 0.717) is 16.9 Å². The molecule has 0 aliphatic heterocycles. The molecule has 4 rings (SSSR count). The molecule has 0 radical (unpaired) electrons. The number of nitrogens with zero attached hydrogens (tertiary/aromatic N) is 2. The van der Waals surface area contributed by atoms with Crippen molar-refractivity contribution >= 4 is 66.7 Å². The molecule has 2 aromatic heterocycles. The molecule has 1 aliphatic rings. The van der Waals surface area contributed by atoms with Crippen LogP contribution in [0.4, 0.5) is 11.5 Å². The van der Waals surface area contributed by atoms with Crippen LogP contribution in [0.15, 0.2) is 33.9 Å². The van der Waals surface area contributed by atoms with Crippen molar-refractivity contribution in [3.05, 3.63) is 39.2 Å². The SMILES string of the molecule is CC1CCc2c(sc3nc(SCC(=O)Nc4ccccc4Br)nc(N)c23)C1. The summed E-state index contributed by atoms with van der Waals surface area (Å²) in [5.74, 6) is 1.36. The lowest BCUT2D eigenvalue weighted by atomic mass is 9.89. The number of aryl methyl sites for hydroxylation is 1. The van der Waals surface area contributed by atoms with Crippen LogP contribution in [-0.2, 0) is 17.6 Å². The second-order valence-corrected chi connectivity index (χ2v) is 9.62. The second kappa shape index (κ2) is 7.77. The predicted octanol–water partition coefficient (Wildman–Crippen LogP) is 4.89. The van der Waals surface area contributed by atoms with E-state index in [9.17, 15) is 4.79 Å². The zero-order valence-corrected chi connectivity index (χ0v) is 18.0. The molecule has 0 spiro atoms. The summed E-state index contributed by atoms with van der Waals surface area (Å²) in [5.41, 5.74) is 8.32. The van der Waals surface area contributed by atoms with Gasteiger partial charge in [-0.25, -0.2) is 9.97 Å². The minimum absolute atomic E-state index is 0.103. The van der Waals surface area contributed by atoms with Crippen molar-refractivity contribution in [2.45, 2.75) is 31.3 Å². The smallest absolute Gasteiger partial charge is 0.234 e. The summed E-state index contributed by atoms with van der Waals surface area (Å²) in [6, 6.07) is 7.52. The van der Waals surface area contributed by atoms with E-state index < -0.39 is 0 Å². The van der Waals surface area contributed by atoms with Crippen LogP contribution in [0, 0.1) is 5.92 Å². The molecule has 1 atom stereocenters. The highest BCUT2D eigenvalue weighted by Gasteiger charge is 2.23. The van der Waals surface area contributed by atoms with Crippen LogP contribution in [0.5, 0.6) is 0 Å². The lowest BCUT2D eigenvalue weighted by molar-refractivity contribution is -0.113. The van der Waals surface area contributed by atoms with E-state index >= 15 is 0 Å². The van der Waals surface area contributed by atoms with E-state index in [1.54, 1.807) is 11.3 Å². The number of thiophene rings is 1. The molecule has 140 valence electrons. The van der Waals surface area contributed by atoms with Crippen molar-refractivity contribution in [1.82, 2.24) is 9.97 Å². The normalized spacial score (nSPS) is 16.3. The van der Waals surface area contributed by atoms with Crippen LogP contribution in [0.25, 0.3) is 10.2 Å². The molecule has 0 saturated heterocycles. The molecule has 27 heavy (non-hydrogen) atoms. The number of aromatic nitrogens is 2. The predicted molar refractivity (Wildman–Crippen MR) is 117 cm³/mol. The van der Waals surface area contributed by atoms with Gasteiger partial charge in [0.15, 0.2) is 5.16 Å². The summed E-state index contributed by atoms with van der Waals surface area (Å²) < 4.78 is 0.851. The minimum atomic E-state index is -0.103. The van der Waals surface area contributed by atoms with Gasteiger partial charge in [0.2, 0.25) is 5.91 Å². The number of carbonyl (C=O) groups excluding carboxylic acids is 1. The molecule has 1 aliphatic carbocycles. The fraction of sp³-hybridized carbons (Fsp3) is 0.316. The van der Waals surface area contributed by atoms with Gasteiger partial charge in [-0.2, -0.15) is 0 Å². The van der Waals surface area contributed by atoms with Gasteiger partial charge < -0.3 is 11.1 Å². The average Bonchev–Trinajstić information content (AvgIpc) is 2.99. The number of hydrogen-bond acceptors (Lipinski definition) is 6. The number of nitrogens with one attached hydrogen (secondary N) is 1. The van der Waals surface area contributed by atoms with Gasteiger partial charge >= 0.3 is 0 Å². The van der Waals surface area contributed by atoms with Crippen molar-refractivity contribution in [3.8, 4) is 0 Å². The molecule has 1 amide bonds. The van der Waals surface area contributed by atoms with Gasteiger partial charge in [0.1, 0.15) is 10.6 Å². The molecule has 3 aromatic rings. The number of carbonyl (C=O) groups is 1. The number of halogens is 1. The number of thioether (sulfide) groups is 1. The molecule has 8 heteroatoms. The topological polar surface area (TPSA) is 80.9 Å². The third-order valence-corrected chi connectivity index (χ3v) is 7.33. The molecule has 1 unspecified atom stereocenters. The molecular weight excluding hydrogens is 444 g/mol. The Labute approximate surface area is 174 Å². The molecule has 0 saturated carbocycles. The number of fused-ring (bicyclic) bond motifs is 3. The quantitative estimate of drug-likeness (QED) is 0.425. The molecule has 0 fully saturated rings. The van der Waals surface area contributed by atoms with Crippen molar-refractivity contribution in [3.63, 3.8) is 0 Å². The summed E-state index contributed by atoms with van der Waals surface area (Å²) in [4.78, 5) is 23.7. The van der Waals surface area contributed by atoms with Crippen LogP contribution in [0.3, 0.4) is 0 Å². The molecule has 1 aromatic carbocycles. The van der Waals surface area contributed by atoms with Crippen molar-refractivity contribution < 1.29 is 4.79 Å². The van der Waals surface area contributed by atoms with Gasteiger partial charge in [-0.15, -0.1) is 11.3 Å². The van der Waals surface area contributed by atoms with Gasteiger partial charge in [-0.1, -0.05) is 30.8 Å². The largest absolute Gasteiger partial charge is 0.383 e. The molecule has 2 heterocycles. The summed E-state index contributed by atoms with van der Waals surface area (Å²) in [5, 5.41) is 4.45. The molecular formula is C19H19BrN4OS2. The number of nitrogen functional groups attached to an aromatic ring is 1. The second-order valence-electron chi connectivity index (χ2n) is 6.74. The van der Waals surface area contributed by atoms with Crippen LogP contribution >= 0.6 is 39.0 Å². The van der Waals surface area contributed by atoms with Crippen molar-refractivity contribution in [1.29, 1.82) is 0 Å². The number of hydrogen-bond donors (Lipinski definition) is 2. The van der Waals surface area contributed by atoms with Gasteiger partial charge in [0.05, 0.1) is 16.8 Å². The summed E-state index contributed by atoms with van der Waals surface area (Å²) in [7, 11) is 0. The van der Waals surface area contributed by atoms with Crippen LogP contribution in [-0.4, -0.2) is 21.6 Å².